The first-order chi connectivity index (χ1) is 16.1. The summed E-state index contributed by atoms with van der Waals surface area (Å²) in [7, 11) is 0. The number of ether oxygens (including phenoxy) is 3. The second-order valence-electron chi connectivity index (χ2n) is 9.31. The monoisotopic (exact) mass is 464 g/mol. The quantitative estimate of drug-likeness (QED) is 0.425. The van der Waals surface area contributed by atoms with E-state index in [-0.39, 0.29) is 0 Å². The summed E-state index contributed by atoms with van der Waals surface area (Å²) in [5.74, 6) is 0.0948. The predicted octanol–water partition coefficient (Wildman–Crippen LogP) is 4.54. The number of alkyl carbamates (subject to hydrolysis) is 1. The first kappa shape index (κ1) is 23.4. The standard InChI is InChI=1S/C26H28N2O6/c1-16(30)33-24-20(27-25(31)34-26(2,3)4)13-28-21-10-18(14-29)11-23(19(21)12-22(24)28)32-15-17-8-6-5-7-9-17/h5-12,14,20,24H,13,15H2,1-4H3,(H,27,31)/t20-,24+/m0/s1. The molecule has 178 valence electrons. The van der Waals surface area contributed by atoms with Crippen LogP contribution in [-0.2, 0) is 27.4 Å². The fraction of sp³-hybridized carbons (Fsp3) is 0.346. The third kappa shape index (κ3) is 5.06. The first-order valence-electron chi connectivity index (χ1n) is 11.1. The van der Waals surface area contributed by atoms with E-state index in [0.29, 0.717) is 30.2 Å². The van der Waals surface area contributed by atoms with Crippen molar-refractivity contribution in [2.45, 2.75) is 58.6 Å². The largest absolute Gasteiger partial charge is 0.488 e. The Morgan fingerprint density at radius 1 is 1.15 bits per heavy atom. The summed E-state index contributed by atoms with van der Waals surface area (Å²) < 4.78 is 19.0. The average molecular weight is 465 g/mol. The van der Waals surface area contributed by atoms with Crippen LogP contribution in [0.5, 0.6) is 5.75 Å². The van der Waals surface area contributed by atoms with E-state index in [2.05, 4.69) is 5.32 Å². The summed E-state index contributed by atoms with van der Waals surface area (Å²) in [6, 6.07) is 14.6. The number of esters is 1. The Balaban J connectivity index is 1.68. The lowest BCUT2D eigenvalue weighted by Crippen LogP contribution is -2.42. The van der Waals surface area contributed by atoms with Crippen LogP contribution in [0.25, 0.3) is 10.9 Å². The molecule has 0 saturated carbocycles. The van der Waals surface area contributed by atoms with Crippen LogP contribution in [0, 0.1) is 0 Å². The second kappa shape index (κ2) is 9.21. The molecule has 34 heavy (non-hydrogen) atoms. The molecular formula is C26H28N2O6. The van der Waals surface area contributed by atoms with Crippen LogP contribution in [-0.4, -0.2) is 34.6 Å². The van der Waals surface area contributed by atoms with Crippen molar-refractivity contribution in [2.75, 3.05) is 0 Å². The number of carbonyl (C=O) groups is 3. The van der Waals surface area contributed by atoms with Gasteiger partial charge in [-0.3, -0.25) is 9.59 Å². The molecule has 1 N–H and O–H groups in total. The first-order valence-corrected chi connectivity index (χ1v) is 11.1. The van der Waals surface area contributed by atoms with Gasteiger partial charge in [-0.25, -0.2) is 4.79 Å². The molecule has 0 fully saturated rings. The maximum Gasteiger partial charge on any atom is 0.408 e. The average Bonchev–Trinajstić information content (AvgIpc) is 3.27. The maximum absolute atomic E-state index is 12.4. The molecule has 1 aliphatic rings. The predicted molar refractivity (Wildman–Crippen MR) is 126 cm³/mol. The van der Waals surface area contributed by atoms with Gasteiger partial charge in [0.2, 0.25) is 0 Å². The lowest BCUT2D eigenvalue weighted by molar-refractivity contribution is -0.147. The minimum atomic E-state index is -0.709. The highest BCUT2D eigenvalue weighted by Gasteiger charge is 2.39. The number of fused-ring (bicyclic) bond motifs is 3. The molecule has 2 heterocycles. The molecule has 2 atom stereocenters. The molecule has 8 nitrogen and oxygen atoms in total. The van der Waals surface area contributed by atoms with Gasteiger partial charge in [0.05, 0.1) is 17.3 Å². The van der Waals surface area contributed by atoms with E-state index in [1.165, 1.54) is 6.92 Å². The van der Waals surface area contributed by atoms with Crippen molar-refractivity contribution in [1.82, 2.24) is 9.88 Å². The molecule has 2 aromatic carbocycles. The zero-order valence-electron chi connectivity index (χ0n) is 19.7. The molecule has 4 rings (SSSR count). The minimum absolute atomic E-state index is 0.342. The van der Waals surface area contributed by atoms with E-state index in [1.807, 2.05) is 41.0 Å². The van der Waals surface area contributed by atoms with Gasteiger partial charge in [-0.1, -0.05) is 30.3 Å². The lowest BCUT2D eigenvalue weighted by atomic mass is 10.1. The number of hydrogen-bond donors (Lipinski definition) is 1. The number of carbonyl (C=O) groups excluding carboxylic acids is 3. The van der Waals surface area contributed by atoms with Gasteiger partial charge >= 0.3 is 12.1 Å². The summed E-state index contributed by atoms with van der Waals surface area (Å²) in [6.07, 6.45) is -0.534. The van der Waals surface area contributed by atoms with Crippen LogP contribution in [0.2, 0.25) is 0 Å². The number of hydrogen-bond acceptors (Lipinski definition) is 6. The molecule has 0 aliphatic carbocycles. The van der Waals surface area contributed by atoms with E-state index in [1.54, 1.807) is 32.9 Å². The van der Waals surface area contributed by atoms with Crippen molar-refractivity contribution < 1.29 is 28.6 Å². The molecule has 1 aromatic heterocycles. The van der Waals surface area contributed by atoms with E-state index < -0.39 is 29.8 Å². The fourth-order valence-electron chi connectivity index (χ4n) is 4.13. The maximum atomic E-state index is 12.4. The molecule has 0 radical (unpaired) electrons. The van der Waals surface area contributed by atoms with Crippen molar-refractivity contribution in [3.05, 3.63) is 65.4 Å². The fourth-order valence-corrected chi connectivity index (χ4v) is 4.13. The molecule has 0 unspecified atom stereocenters. The van der Waals surface area contributed by atoms with Crippen molar-refractivity contribution in [3.63, 3.8) is 0 Å². The van der Waals surface area contributed by atoms with Crippen molar-refractivity contribution in [3.8, 4) is 5.75 Å². The molecule has 0 spiro atoms. The van der Waals surface area contributed by atoms with Crippen molar-refractivity contribution in [1.29, 1.82) is 0 Å². The van der Waals surface area contributed by atoms with Crippen LogP contribution in [0.4, 0.5) is 4.79 Å². The third-order valence-corrected chi connectivity index (χ3v) is 5.44. The Kier molecular flexibility index (Phi) is 6.32. The highest BCUT2D eigenvalue weighted by atomic mass is 16.6. The highest BCUT2D eigenvalue weighted by molar-refractivity contribution is 5.93. The molecule has 8 heteroatoms. The van der Waals surface area contributed by atoms with Gasteiger partial charge in [-0.05, 0) is 44.5 Å². The van der Waals surface area contributed by atoms with Gasteiger partial charge in [-0.2, -0.15) is 0 Å². The Morgan fingerprint density at radius 3 is 2.53 bits per heavy atom. The summed E-state index contributed by atoms with van der Waals surface area (Å²) in [6.45, 7) is 7.35. The Labute approximate surface area is 197 Å². The van der Waals surface area contributed by atoms with Crippen LogP contribution < -0.4 is 10.1 Å². The molecule has 1 aliphatic heterocycles. The van der Waals surface area contributed by atoms with Gasteiger partial charge in [0.1, 0.15) is 24.2 Å². The van der Waals surface area contributed by atoms with E-state index >= 15 is 0 Å². The molecule has 0 saturated heterocycles. The van der Waals surface area contributed by atoms with Crippen LogP contribution in [0.1, 0.15) is 55.4 Å². The number of nitrogens with zero attached hydrogens (tertiary/aromatic N) is 1. The van der Waals surface area contributed by atoms with Crippen LogP contribution >= 0.6 is 0 Å². The van der Waals surface area contributed by atoms with Gasteiger partial charge < -0.3 is 24.1 Å². The zero-order valence-corrected chi connectivity index (χ0v) is 19.7. The van der Waals surface area contributed by atoms with Gasteiger partial charge in [0, 0.05) is 24.4 Å². The Morgan fingerprint density at radius 2 is 1.88 bits per heavy atom. The Hall–Kier alpha value is -3.81. The van der Waals surface area contributed by atoms with Gasteiger partial charge in [-0.15, -0.1) is 0 Å². The van der Waals surface area contributed by atoms with Crippen molar-refractivity contribution >= 4 is 29.3 Å². The lowest BCUT2D eigenvalue weighted by Gasteiger charge is -2.24. The SMILES string of the molecule is CC(=O)O[C@H]1c2cc3c(OCc4ccccc4)cc(C=O)cc3n2C[C@@H]1NC(=O)OC(C)(C)C. The third-order valence-electron chi connectivity index (χ3n) is 5.44. The number of aromatic nitrogens is 1. The van der Waals surface area contributed by atoms with Crippen molar-refractivity contribution in [2.24, 2.45) is 0 Å². The summed E-state index contributed by atoms with van der Waals surface area (Å²) in [5.41, 5.74) is 2.26. The van der Waals surface area contributed by atoms with Crippen LogP contribution in [0.3, 0.4) is 0 Å². The number of rotatable bonds is 6. The Bertz CT molecular complexity index is 1230. The highest BCUT2D eigenvalue weighted by Crippen LogP contribution is 2.39. The summed E-state index contributed by atoms with van der Waals surface area (Å²) in [4.78, 5) is 35.9. The minimum Gasteiger partial charge on any atom is -0.488 e. The van der Waals surface area contributed by atoms with Gasteiger partial charge in [0.15, 0.2) is 6.10 Å². The number of nitrogens with one attached hydrogen (secondary N) is 1. The summed E-state index contributed by atoms with van der Waals surface area (Å²) >= 11 is 0. The second-order valence-corrected chi connectivity index (χ2v) is 9.31. The number of benzene rings is 2. The molecule has 3 aromatic rings. The summed E-state index contributed by atoms with van der Waals surface area (Å²) in [5, 5.41) is 3.61. The van der Waals surface area contributed by atoms with E-state index in [0.717, 1.165) is 22.8 Å². The molecule has 0 bridgehead atoms. The molecule has 1 amide bonds. The van der Waals surface area contributed by atoms with E-state index in [4.69, 9.17) is 14.2 Å². The smallest absolute Gasteiger partial charge is 0.408 e. The number of aldehydes is 1. The molecular weight excluding hydrogens is 436 g/mol. The van der Waals surface area contributed by atoms with E-state index in [9.17, 15) is 14.4 Å². The normalized spacial score (nSPS) is 17.2. The zero-order chi connectivity index (χ0) is 24.5. The topological polar surface area (TPSA) is 95.9 Å². The number of amides is 1. The van der Waals surface area contributed by atoms with Gasteiger partial charge in [0.25, 0.3) is 0 Å². The van der Waals surface area contributed by atoms with Crippen LogP contribution in [0.15, 0.2) is 48.5 Å².